The van der Waals surface area contributed by atoms with Crippen molar-refractivity contribution in [2.75, 3.05) is 17.2 Å². The summed E-state index contributed by atoms with van der Waals surface area (Å²) in [7, 11) is 0. The van der Waals surface area contributed by atoms with E-state index in [9.17, 15) is 9.18 Å². The maximum atomic E-state index is 13.7. The van der Waals surface area contributed by atoms with E-state index in [-0.39, 0.29) is 11.3 Å². The number of hydrogen-bond acceptors (Lipinski definition) is 4. The van der Waals surface area contributed by atoms with Gasteiger partial charge in [-0.3, -0.25) is 5.32 Å². The Bertz CT molecular complexity index is 1180. The highest BCUT2D eigenvalue weighted by atomic mass is 19.1. The minimum atomic E-state index is -0.588. The van der Waals surface area contributed by atoms with Crippen LogP contribution in [0.25, 0.3) is 5.69 Å². The summed E-state index contributed by atoms with van der Waals surface area (Å²) in [6.45, 7) is 3.90. The SMILES string of the molecule is CCCCc1cc(NC(=O)Nc2cc(F)cc(C#N)c2)n(-c2ccc3c(c2)CCNC3)n1. The Labute approximate surface area is 186 Å². The molecule has 1 aliphatic rings. The number of benzene rings is 2. The van der Waals surface area contributed by atoms with Crippen LogP contribution in [0.15, 0.2) is 42.5 Å². The number of halogens is 1. The van der Waals surface area contributed by atoms with Gasteiger partial charge in [-0.2, -0.15) is 10.4 Å². The van der Waals surface area contributed by atoms with E-state index in [1.54, 1.807) is 4.68 Å². The molecule has 2 amide bonds. The van der Waals surface area contributed by atoms with Crippen LogP contribution < -0.4 is 16.0 Å². The first-order chi connectivity index (χ1) is 15.6. The van der Waals surface area contributed by atoms with Crippen LogP contribution in [0.3, 0.4) is 0 Å². The summed E-state index contributed by atoms with van der Waals surface area (Å²) in [6.07, 6.45) is 3.79. The highest BCUT2D eigenvalue weighted by Crippen LogP contribution is 2.23. The Morgan fingerprint density at radius 2 is 2.09 bits per heavy atom. The van der Waals surface area contributed by atoms with Crippen molar-refractivity contribution in [1.29, 1.82) is 5.26 Å². The van der Waals surface area contributed by atoms with Crippen LogP contribution in [-0.4, -0.2) is 22.4 Å². The monoisotopic (exact) mass is 432 g/mol. The number of fused-ring (bicyclic) bond motifs is 1. The largest absolute Gasteiger partial charge is 0.324 e. The number of hydrogen-bond donors (Lipinski definition) is 3. The van der Waals surface area contributed by atoms with E-state index in [1.807, 2.05) is 18.2 Å². The second-order valence-corrected chi connectivity index (χ2v) is 7.84. The van der Waals surface area contributed by atoms with E-state index in [1.165, 1.54) is 23.3 Å². The van der Waals surface area contributed by atoms with Gasteiger partial charge in [0.25, 0.3) is 0 Å². The van der Waals surface area contributed by atoms with E-state index in [0.717, 1.165) is 56.2 Å². The average molecular weight is 433 g/mol. The molecular weight excluding hydrogens is 407 g/mol. The van der Waals surface area contributed by atoms with Crippen molar-refractivity contribution in [2.24, 2.45) is 0 Å². The van der Waals surface area contributed by atoms with Gasteiger partial charge in [0.05, 0.1) is 23.0 Å². The molecule has 164 valence electrons. The Morgan fingerprint density at radius 1 is 1.22 bits per heavy atom. The number of aromatic nitrogens is 2. The van der Waals surface area contributed by atoms with Crippen LogP contribution in [-0.2, 0) is 19.4 Å². The lowest BCUT2D eigenvalue weighted by atomic mass is 10.0. The standard InChI is InChI=1S/C24H25FN6O/c1-2-3-4-20-13-23(29-24(32)28-21-10-16(14-26)9-19(25)12-21)31(30-20)22-6-5-18-15-27-8-7-17(18)11-22/h5-6,9-13,27H,2-4,7-8,15H2,1H3,(H2,28,29,32). The molecule has 7 nitrogen and oxygen atoms in total. The molecule has 3 N–H and O–H groups in total. The zero-order chi connectivity index (χ0) is 22.5. The summed E-state index contributed by atoms with van der Waals surface area (Å²) in [4.78, 5) is 12.7. The van der Waals surface area contributed by atoms with Gasteiger partial charge in [-0.05, 0) is 67.3 Å². The summed E-state index contributed by atoms with van der Waals surface area (Å²) in [5.41, 5.74) is 4.64. The number of urea groups is 1. The molecule has 0 saturated heterocycles. The Hall–Kier alpha value is -3.70. The van der Waals surface area contributed by atoms with Gasteiger partial charge >= 0.3 is 6.03 Å². The number of anilines is 2. The van der Waals surface area contributed by atoms with Crippen LogP contribution in [0.4, 0.5) is 20.7 Å². The highest BCUT2D eigenvalue weighted by molar-refractivity contribution is 5.99. The lowest BCUT2D eigenvalue weighted by molar-refractivity contribution is 0.262. The first kappa shape index (κ1) is 21.5. The van der Waals surface area contributed by atoms with E-state index >= 15 is 0 Å². The van der Waals surface area contributed by atoms with Crippen molar-refractivity contribution in [3.05, 3.63) is 70.7 Å². The van der Waals surface area contributed by atoms with Gasteiger partial charge in [0.15, 0.2) is 0 Å². The molecule has 0 fully saturated rings. The van der Waals surface area contributed by atoms with Crippen LogP contribution >= 0.6 is 0 Å². The minimum Gasteiger partial charge on any atom is -0.312 e. The molecule has 32 heavy (non-hydrogen) atoms. The molecule has 0 bridgehead atoms. The van der Waals surface area contributed by atoms with Gasteiger partial charge in [-0.25, -0.2) is 13.9 Å². The molecule has 0 atom stereocenters. The van der Waals surface area contributed by atoms with Gasteiger partial charge in [-0.15, -0.1) is 0 Å². The fourth-order valence-electron chi connectivity index (χ4n) is 3.80. The third kappa shape index (κ3) is 4.95. The smallest absolute Gasteiger partial charge is 0.312 e. The number of nitrogens with one attached hydrogen (secondary N) is 3. The predicted octanol–water partition coefficient (Wildman–Crippen LogP) is 4.52. The van der Waals surface area contributed by atoms with Crippen molar-refractivity contribution in [3.8, 4) is 11.8 Å². The number of carbonyl (C=O) groups is 1. The molecule has 1 aromatic heterocycles. The van der Waals surface area contributed by atoms with Crippen molar-refractivity contribution in [3.63, 3.8) is 0 Å². The molecule has 3 aromatic rings. The van der Waals surface area contributed by atoms with Crippen LogP contribution in [0.1, 0.15) is 42.1 Å². The lowest BCUT2D eigenvalue weighted by Gasteiger charge is -2.18. The van der Waals surface area contributed by atoms with E-state index in [2.05, 4.69) is 35.0 Å². The summed E-state index contributed by atoms with van der Waals surface area (Å²) in [5.74, 6) is -0.0609. The van der Waals surface area contributed by atoms with E-state index < -0.39 is 11.8 Å². The lowest BCUT2D eigenvalue weighted by Crippen LogP contribution is -2.24. The van der Waals surface area contributed by atoms with Crippen molar-refractivity contribution < 1.29 is 9.18 Å². The van der Waals surface area contributed by atoms with Gasteiger partial charge in [0.2, 0.25) is 0 Å². The zero-order valence-corrected chi connectivity index (χ0v) is 17.9. The van der Waals surface area contributed by atoms with Crippen molar-refractivity contribution in [1.82, 2.24) is 15.1 Å². The molecule has 8 heteroatoms. The fourth-order valence-corrected chi connectivity index (χ4v) is 3.80. The van der Waals surface area contributed by atoms with E-state index in [4.69, 9.17) is 10.4 Å². The predicted molar refractivity (Wildman–Crippen MR) is 121 cm³/mol. The highest BCUT2D eigenvalue weighted by Gasteiger charge is 2.16. The van der Waals surface area contributed by atoms with E-state index in [0.29, 0.717) is 5.82 Å². The van der Waals surface area contributed by atoms with Crippen LogP contribution in [0, 0.1) is 17.1 Å². The maximum Gasteiger partial charge on any atom is 0.324 e. The number of unbranched alkanes of at least 4 members (excludes halogenated alkanes) is 1. The van der Waals surface area contributed by atoms with Gasteiger partial charge in [-0.1, -0.05) is 19.4 Å². The molecule has 0 spiro atoms. The number of aryl methyl sites for hydroxylation is 1. The topological polar surface area (TPSA) is 94.8 Å². The first-order valence-corrected chi connectivity index (χ1v) is 10.8. The molecule has 0 aliphatic carbocycles. The Balaban J connectivity index is 1.60. The van der Waals surface area contributed by atoms with Crippen molar-refractivity contribution in [2.45, 2.75) is 39.2 Å². The molecule has 1 aliphatic heterocycles. The first-order valence-electron chi connectivity index (χ1n) is 10.8. The summed E-state index contributed by atoms with van der Waals surface area (Å²) in [5, 5.41) is 22.5. The number of rotatable bonds is 6. The van der Waals surface area contributed by atoms with Gasteiger partial charge < -0.3 is 10.6 Å². The Kier molecular flexibility index (Phi) is 6.47. The third-order valence-electron chi connectivity index (χ3n) is 5.39. The fraction of sp³-hybridized carbons (Fsp3) is 0.292. The zero-order valence-electron chi connectivity index (χ0n) is 17.9. The number of nitriles is 1. The quantitative estimate of drug-likeness (QED) is 0.534. The minimum absolute atomic E-state index is 0.135. The van der Waals surface area contributed by atoms with Crippen LogP contribution in [0.5, 0.6) is 0 Å². The third-order valence-corrected chi connectivity index (χ3v) is 5.39. The number of nitrogens with zero attached hydrogens (tertiary/aromatic N) is 3. The van der Waals surface area contributed by atoms with Crippen LogP contribution in [0.2, 0.25) is 0 Å². The number of carbonyl (C=O) groups excluding carboxylic acids is 1. The normalized spacial score (nSPS) is 12.7. The molecule has 2 heterocycles. The molecule has 0 saturated carbocycles. The second kappa shape index (κ2) is 9.62. The molecule has 2 aromatic carbocycles. The Morgan fingerprint density at radius 3 is 2.91 bits per heavy atom. The number of amides is 2. The average Bonchev–Trinajstić information content (AvgIpc) is 3.19. The summed E-state index contributed by atoms with van der Waals surface area (Å²) in [6, 6.07) is 13.1. The molecule has 0 radical (unpaired) electrons. The molecule has 0 unspecified atom stereocenters. The van der Waals surface area contributed by atoms with Gasteiger partial charge in [0, 0.05) is 18.3 Å². The summed E-state index contributed by atoms with van der Waals surface area (Å²) < 4.78 is 15.4. The molecular formula is C24H25FN6O. The summed E-state index contributed by atoms with van der Waals surface area (Å²) >= 11 is 0. The molecule has 4 rings (SSSR count). The van der Waals surface area contributed by atoms with Gasteiger partial charge in [0.1, 0.15) is 11.6 Å². The second-order valence-electron chi connectivity index (χ2n) is 7.84. The maximum absolute atomic E-state index is 13.7. The van der Waals surface area contributed by atoms with Crippen molar-refractivity contribution >= 4 is 17.5 Å².